The van der Waals surface area contributed by atoms with Gasteiger partial charge in [-0.2, -0.15) is 5.26 Å². The summed E-state index contributed by atoms with van der Waals surface area (Å²) in [5.41, 5.74) is 0.839. The predicted octanol–water partition coefficient (Wildman–Crippen LogP) is 2.32. The van der Waals surface area contributed by atoms with Crippen LogP contribution in [0.1, 0.15) is 31.7 Å². The van der Waals surface area contributed by atoms with E-state index in [-0.39, 0.29) is 12.5 Å². The molecule has 0 saturated carbocycles. The molecule has 0 heterocycles. The molecule has 1 atom stereocenters. The molecule has 1 rings (SSSR count). The quantitative estimate of drug-likeness (QED) is 0.741. The molecule has 0 spiro atoms. The SMILES string of the molecule is CC(CCCC(=O)O)NC(=O)Nc1ccccc1C#N. The van der Waals surface area contributed by atoms with Gasteiger partial charge in [-0.05, 0) is 31.9 Å². The Balaban J connectivity index is 2.43. The molecule has 6 heteroatoms. The van der Waals surface area contributed by atoms with Gasteiger partial charge < -0.3 is 15.7 Å². The molecule has 0 fully saturated rings. The van der Waals surface area contributed by atoms with Crippen molar-refractivity contribution in [3.05, 3.63) is 29.8 Å². The van der Waals surface area contributed by atoms with Crippen LogP contribution in [-0.2, 0) is 4.79 Å². The minimum atomic E-state index is -0.843. The van der Waals surface area contributed by atoms with Crippen molar-refractivity contribution >= 4 is 17.7 Å². The third-order valence-corrected chi connectivity index (χ3v) is 2.70. The summed E-state index contributed by atoms with van der Waals surface area (Å²) in [6, 6.07) is 8.16. The molecule has 1 aromatic rings. The van der Waals surface area contributed by atoms with Crippen LogP contribution in [0.5, 0.6) is 0 Å². The molecular weight excluding hydrogens is 258 g/mol. The fourth-order valence-electron chi connectivity index (χ4n) is 1.70. The van der Waals surface area contributed by atoms with E-state index in [1.54, 1.807) is 31.2 Å². The van der Waals surface area contributed by atoms with Gasteiger partial charge in [-0.3, -0.25) is 4.79 Å². The molecule has 2 amide bonds. The van der Waals surface area contributed by atoms with Crippen molar-refractivity contribution in [1.29, 1.82) is 5.26 Å². The van der Waals surface area contributed by atoms with E-state index in [9.17, 15) is 9.59 Å². The standard InChI is InChI=1S/C14H17N3O3/c1-10(5-4-8-13(18)19)16-14(20)17-12-7-3-2-6-11(12)9-15/h2-3,6-7,10H,4-5,8H2,1H3,(H,18,19)(H2,16,17,20). The third kappa shape index (κ3) is 5.40. The van der Waals surface area contributed by atoms with Crippen LogP contribution in [0.25, 0.3) is 0 Å². The van der Waals surface area contributed by atoms with E-state index in [4.69, 9.17) is 10.4 Å². The number of carboxylic acid groups (broad SMARTS) is 1. The molecule has 1 unspecified atom stereocenters. The van der Waals surface area contributed by atoms with Gasteiger partial charge in [0, 0.05) is 12.5 Å². The number of nitriles is 1. The Kier molecular flexibility index (Phi) is 6.04. The number of aliphatic carboxylic acids is 1. The number of anilines is 1. The van der Waals surface area contributed by atoms with Crippen LogP contribution in [0, 0.1) is 11.3 Å². The molecule has 0 bridgehead atoms. The summed E-state index contributed by atoms with van der Waals surface area (Å²) in [5.74, 6) is -0.843. The number of carbonyl (C=O) groups excluding carboxylic acids is 1. The minimum Gasteiger partial charge on any atom is -0.481 e. The fourth-order valence-corrected chi connectivity index (χ4v) is 1.70. The van der Waals surface area contributed by atoms with Gasteiger partial charge in [0.05, 0.1) is 11.3 Å². The molecule has 6 nitrogen and oxygen atoms in total. The second-order valence-electron chi connectivity index (χ2n) is 4.44. The largest absolute Gasteiger partial charge is 0.481 e. The lowest BCUT2D eigenvalue weighted by atomic mass is 10.1. The van der Waals surface area contributed by atoms with E-state index in [0.717, 1.165) is 0 Å². The molecule has 0 saturated heterocycles. The topological polar surface area (TPSA) is 102 Å². The average Bonchev–Trinajstić information content (AvgIpc) is 2.38. The average molecular weight is 275 g/mol. The number of amides is 2. The van der Waals surface area contributed by atoms with Crippen LogP contribution in [-0.4, -0.2) is 23.1 Å². The van der Waals surface area contributed by atoms with Crippen LogP contribution >= 0.6 is 0 Å². The van der Waals surface area contributed by atoms with E-state index < -0.39 is 12.0 Å². The van der Waals surface area contributed by atoms with Crippen LogP contribution in [0.3, 0.4) is 0 Å². The van der Waals surface area contributed by atoms with Gasteiger partial charge >= 0.3 is 12.0 Å². The first-order chi connectivity index (χ1) is 9.52. The van der Waals surface area contributed by atoms with Crippen molar-refractivity contribution in [2.24, 2.45) is 0 Å². The van der Waals surface area contributed by atoms with E-state index >= 15 is 0 Å². The smallest absolute Gasteiger partial charge is 0.319 e. The molecule has 0 aromatic heterocycles. The van der Waals surface area contributed by atoms with Crippen LogP contribution < -0.4 is 10.6 Å². The molecule has 1 aromatic carbocycles. The maximum absolute atomic E-state index is 11.7. The number of nitrogens with one attached hydrogen (secondary N) is 2. The van der Waals surface area contributed by atoms with E-state index in [1.165, 1.54) is 0 Å². The minimum absolute atomic E-state index is 0.0882. The number of carbonyl (C=O) groups is 2. The van der Waals surface area contributed by atoms with Gasteiger partial charge in [-0.15, -0.1) is 0 Å². The van der Waals surface area contributed by atoms with Gasteiger partial charge in [0.25, 0.3) is 0 Å². The highest BCUT2D eigenvalue weighted by molar-refractivity contribution is 5.90. The second-order valence-corrected chi connectivity index (χ2v) is 4.44. The zero-order chi connectivity index (χ0) is 15.0. The first-order valence-corrected chi connectivity index (χ1v) is 6.31. The molecular formula is C14H17N3O3. The first kappa shape index (κ1) is 15.5. The summed E-state index contributed by atoms with van der Waals surface area (Å²) in [6.45, 7) is 1.80. The van der Waals surface area contributed by atoms with Crippen molar-refractivity contribution in [2.45, 2.75) is 32.2 Å². The number of nitrogens with zero attached hydrogens (tertiary/aromatic N) is 1. The van der Waals surface area contributed by atoms with E-state index in [0.29, 0.717) is 24.1 Å². The van der Waals surface area contributed by atoms with Gasteiger partial charge in [0.15, 0.2) is 0 Å². The maximum atomic E-state index is 11.7. The number of urea groups is 1. The Labute approximate surface area is 117 Å². The molecule has 0 aliphatic carbocycles. The fraction of sp³-hybridized carbons (Fsp3) is 0.357. The Bertz CT molecular complexity index is 523. The zero-order valence-corrected chi connectivity index (χ0v) is 11.2. The Hall–Kier alpha value is -2.55. The Morgan fingerprint density at radius 2 is 2.10 bits per heavy atom. The number of hydrogen-bond acceptors (Lipinski definition) is 3. The Morgan fingerprint density at radius 1 is 1.40 bits per heavy atom. The summed E-state index contributed by atoms with van der Waals surface area (Å²) < 4.78 is 0. The summed E-state index contributed by atoms with van der Waals surface area (Å²) in [5, 5.41) is 22.7. The molecule has 0 aliphatic rings. The first-order valence-electron chi connectivity index (χ1n) is 6.31. The monoisotopic (exact) mass is 275 g/mol. The number of rotatable bonds is 6. The summed E-state index contributed by atoms with van der Waals surface area (Å²) in [6.07, 6.45) is 1.18. The number of para-hydroxylation sites is 1. The molecule has 3 N–H and O–H groups in total. The van der Waals surface area contributed by atoms with Crippen molar-refractivity contribution < 1.29 is 14.7 Å². The maximum Gasteiger partial charge on any atom is 0.319 e. The highest BCUT2D eigenvalue weighted by Crippen LogP contribution is 2.13. The molecule has 106 valence electrons. The van der Waals surface area contributed by atoms with Gasteiger partial charge in [0.1, 0.15) is 6.07 Å². The number of carboxylic acids is 1. The highest BCUT2D eigenvalue weighted by atomic mass is 16.4. The number of benzene rings is 1. The molecule has 20 heavy (non-hydrogen) atoms. The highest BCUT2D eigenvalue weighted by Gasteiger charge is 2.09. The summed E-state index contributed by atoms with van der Waals surface area (Å²) in [4.78, 5) is 22.1. The summed E-state index contributed by atoms with van der Waals surface area (Å²) >= 11 is 0. The van der Waals surface area contributed by atoms with Crippen molar-refractivity contribution in [2.75, 3.05) is 5.32 Å². The van der Waals surface area contributed by atoms with Crippen molar-refractivity contribution in [1.82, 2.24) is 5.32 Å². The van der Waals surface area contributed by atoms with Gasteiger partial charge in [-0.1, -0.05) is 12.1 Å². The second kappa shape index (κ2) is 7.79. The van der Waals surface area contributed by atoms with Crippen molar-refractivity contribution in [3.8, 4) is 6.07 Å². The summed E-state index contributed by atoms with van der Waals surface area (Å²) in [7, 11) is 0. The Morgan fingerprint density at radius 3 is 2.75 bits per heavy atom. The van der Waals surface area contributed by atoms with Gasteiger partial charge in [-0.25, -0.2) is 4.79 Å². The molecule has 0 aliphatic heterocycles. The lowest BCUT2D eigenvalue weighted by Gasteiger charge is -2.14. The zero-order valence-electron chi connectivity index (χ0n) is 11.2. The third-order valence-electron chi connectivity index (χ3n) is 2.70. The normalized spacial score (nSPS) is 11.2. The van der Waals surface area contributed by atoms with Crippen LogP contribution in [0.4, 0.5) is 10.5 Å². The van der Waals surface area contributed by atoms with Crippen molar-refractivity contribution in [3.63, 3.8) is 0 Å². The van der Waals surface area contributed by atoms with Gasteiger partial charge in [0.2, 0.25) is 0 Å². The predicted molar refractivity (Wildman–Crippen MR) is 74.3 cm³/mol. The molecule has 0 radical (unpaired) electrons. The van der Waals surface area contributed by atoms with E-state index in [1.807, 2.05) is 6.07 Å². The number of hydrogen-bond donors (Lipinski definition) is 3. The lowest BCUT2D eigenvalue weighted by molar-refractivity contribution is -0.137. The lowest BCUT2D eigenvalue weighted by Crippen LogP contribution is -2.36. The van der Waals surface area contributed by atoms with Crippen LogP contribution in [0.2, 0.25) is 0 Å². The van der Waals surface area contributed by atoms with E-state index in [2.05, 4.69) is 10.6 Å². The van der Waals surface area contributed by atoms with Crippen LogP contribution in [0.15, 0.2) is 24.3 Å².